The van der Waals surface area contributed by atoms with Crippen molar-refractivity contribution in [2.45, 2.75) is 0 Å². The van der Waals surface area contributed by atoms with Crippen molar-refractivity contribution in [1.82, 2.24) is 24.4 Å². The summed E-state index contributed by atoms with van der Waals surface area (Å²) < 4.78 is 10.1. The lowest BCUT2D eigenvalue weighted by Gasteiger charge is -1.98. The van der Waals surface area contributed by atoms with Crippen molar-refractivity contribution in [3.63, 3.8) is 0 Å². The molecule has 7 nitrogen and oxygen atoms in total. The Morgan fingerprint density at radius 1 is 0.970 bits per heavy atom. The SMILES string of the molecule is O=c1c(=Cc2cn(-c3ccccc3)nc2-c2ccco2)sc2nc(-c3ccccc3Br)nn12. The highest BCUT2D eigenvalue weighted by Crippen LogP contribution is 2.26. The van der Waals surface area contributed by atoms with Gasteiger partial charge in [-0.1, -0.05) is 57.6 Å². The predicted octanol–water partition coefficient (Wildman–Crippen LogP) is 4.57. The number of thiazole rings is 1. The zero-order valence-corrected chi connectivity index (χ0v) is 19.3. The number of halogens is 1. The lowest BCUT2D eigenvalue weighted by atomic mass is 10.2. The van der Waals surface area contributed by atoms with Gasteiger partial charge in [-0.2, -0.15) is 14.6 Å². The molecule has 4 aromatic heterocycles. The van der Waals surface area contributed by atoms with E-state index in [1.807, 2.05) is 79.0 Å². The number of para-hydroxylation sites is 1. The van der Waals surface area contributed by atoms with Crippen molar-refractivity contribution in [2.24, 2.45) is 0 Å². The molecule has 0 saturated carbocycles. The second-order valence-electron chi connectivity index (χ2n) is 7.22. The van der Waals surface area contributed by atoms with E-state index in [-0.39, 0.29) is 5.56 Å². The molecule has 0 bridgehead atoms. The fourth-order valence-electron chi connectivity index (χ4n) is 3.54. The van der Waals surface area contributed by atoms with Gasteiger partial charge in [0.1, 0.15) is 5.69 Å². The molecule has 6 rings (SSSR count). The van der Waals surface area contributed by atoms with Crippen LogP contribution in [0, 0.1) is 0 Å². The molecule has 0 atom stereocenters. The van der Waals surface area contributed by atoms with Crippen LogP contribution in [0.4, 0.5) is 0 Å². The van der Waals surface area contributed by atoms with Crippen molar-refractivity contribution in [3.8, 4) is 28.5 Å². The fraction of sp³-hybridized carbons (Fsp3) is 0. The van der Waals surface area contributed by atoms with Crippen LogP contribution in [0.25, 0.3) is 39.6 Å². The number of hydrogen-bond acceptors (Lipinski definition) is 6. The van der Waals surface area contributed by atoms with Crippen LogP contribution in [-0.4, -0.2) is 24.4 Å². The number of benzene rings is 2. The molecule has 0 unspecified atom stereocenters. The highest BCUT2D eigenvalue weighted by Gasteiger charge is 2.16. The molecule has 0 fully saturated rings. The lowest BCUT2D eigenvalue weighted by Crippen LogP contribution is -2.23. The molecule has 33 heavy (non-hydrogen) atoms. The molecule has 4 heterocycles. The number of fused-ring (bicyclic) bond motifs is 1. The van der Waals surface area contributed by atoms with Gasteiger partial charge in [0.15, 0.2) is 11.6 Å². The molecular formula is C24H14BrN5O2S. The summed E-state index contributed by atoms with van der Waals surface area (Å²) >= 11 is 4.81. The molecule has 0 saturated heterocycles. The van der Waals surface area contributed by atoms with Crippen molar-refractivity contribution in [3.05, 3.63) is 104 Å². The third-order valence-corrected chi connectivity index (χ3v) is 6.75. The number of nitrogens with zero attached hydrogens (tertiary/aromatic N) is 5. The Balaban J connectivity index is 1.49. The Hall–Kier alpha value is -3.82. The monoisotopic (exact) mass is 515 g/mol. The Bertz CT molecular complexity index is 1700. The molecular weight excluding hydrogens is 502 g/mol. The molecule has 0 aliphatic heterocycles. The summed E-state index contributed by atoms with van der Waals surface area (Å²) in [5.74, 6) is 1.13. The van der Waals surface area contributed by atoms with E-state index in [0.717, 1.165) is 21.3 Å². The van der Waals surface area contributed by atoms with Crippen molar-refractivity contribution < 1.29 is 4.42 Å². The standard InChI is InChI=1S/C24H14BrN5O2S/c25-18-10-5-4-9-17(18)22-26-24-30(28-22)23(31)20(33-24)13-15-14-29(16-7-2-1-3-8-16)27-21(15)19-11-6-12-32-19/h1-14H. The summed E-state index contributed by atoms with van der Waals surface area (Å²) in [7, 11) is 0. The molecule has 6 aromatic rings. The molecule has 0 N–H and O–H groups in total. The van der Waals surface area contributed by atoms with Gasteiger partial charge >= 0.3 is 0 Å². The summed E-state index contributed by atoms with van der Waals surface area (Å²) in [4.78, 5) is 18.2. The average Bonchev–Trinajstić information content (AvgIpc) is 3.62. The van der Waals surface area contributed by atoms with Gasteiger partial charge in [-0.3, -0.25) is 4.79 Å². The van der Waals surface area contributed by atoms with E-state index in [2.05, 4.69) is 26.0 Å². The van der Waals surface area contributed by atoms with Crippen LogP contribution in [0.5, 0.6) is 0 Å². The quantitative estimate of drug-likeness (QED) is 0.343. The van der Waals surface area contributed by atoms with Gasteiger partial charge in [-0.15, -0.1) is 5.10 Å². The minimum absolute atomic E-state index is 0.223. The maximum absolute atomic E-state index is 13.1. The first-order valence-corrected chi connectivity index (χ1v) is 11.6. The van der Waals surface area contributed by atoms with Gasteiger partial charge in [0, 0.05) is 21.8 Å². The second-order valence-corrected chi connectivity index (χ2v) is 9.08. The number of furan rings is 1. The Labute approximate surface area is 199 Å². The minimum Gasteiger partial charge on any atom is -0.463 e. The maximum atomic E-state index is 13.1. The van der Waals surface area contributed by atoms with Gasteiger partial charge in [-0.25, -0.2) is 4.68 Å². The predicted molar refractivity (Wildman–Crippen MR) is 130 cm³/mol. The van der Waals surface area contributed by atoms with E-state index < -0.39 is 0 Å². The van der Waals surface area contributed by atoms with E-state index in [9.17, 15) is 4.79 Å². The fourth-order valence-corrected chi connectivity index (χ4v) is 4.90. The molecule has 0 aliphatic rings. The molecule has 0 radical (unpaired) electrons. The first-order valence-electron chi connectivity index (χ1n) is 10.0. The van der Waals surface area contributed by atoms with Crippen LogP contribution in [0.15, 0.2) is 92.9 Å². The summed E-state index contributed by atoms with van der Waals surface area (Å²) in [5.41, 5.74) is 2.94. The first kappa shape index (κ1) is 19.8. The maximum Gasteiger partial charge on any atom is 0.291 e. The summed E-state index contributed by atoms with van der Waals surface area (Å²) in [6.07, 6.45) is 5.30. The largest absolute Gasteiger partial charge is 0.463 e. The molecule has 9 heteroatoms. The molecule has 160 valence electrons. The number of rotatable bonds is 4. The Morgan fingerprint density at radius 2 is 1.79 bits per heavy atom. The van der Waals surface area contributed by atoms with Gasteiger partial charge in [0.05, 0.1) is 16.5 Å². The van der Waals surface area contributed by atoms with Crippen molar-refractivity contribution in [1.29, 1.82) is 0 Å². The van der Waals surface area contributed by atoms with Crippen molar-refractivity contribution in [2.75, 3.05) is 0 Å². The van der Waals surface area contributed by atoms with E-state index in [1.54, 1.807) is 10.9 Å². The zero-order valence-electron chi connectivity index (χ0n) is 16.9. The first-order chi connectivity index (χ1) is 16.2. The van der Waals surface area contributed by atoms with Gasteiger partial charge < -0.3 is 4.42 Å². The van der Waals surface area contributed by atoms with Gasteiger partial charge in [0.2, 0.25) is 4.96 Å². The minimum atomic E-state index is -0.223. The average molecular weight is 516 g/mol. The third-order valence-electron chi connectivity index (χ3n) is 5.10. The van der Waals surface area contributed by atoms with E-state index in [0.29, 0.717) is 26.8 Å². The molecule has 2 aromatic carbocycles. The topological polar surface area (TPSA) is 78.2 Å². The van der Waals surface area contributed by atoms with Crippen LogP contribution < -0.4 is 10.1 Å². The number of hydrogen-bond donors (Lipinski definition) is 0. The second kappa shape index (κ2) is 7.95. The van der Waals surface area contributed by atoms with E-state index >= 15 is 0 Å². The van der Waals surface area contributed by atoms with Crippen LogP contribution in [0.1, 0.15) is 5.56 Å². The van der Waals surface area contributed by atoms with Crippen LogP contribution >= 0.6 is 27.3 Å². The van der Waals surface area contributed by atoms with Gasteiger partial charge in [-0.05, 0) is 42.5 Å². The third kappa shape index (κ3) is 3.51. The lowest BCUT2D eigenvalue weighted by molar-refractivity contribution is 0.579. The summed E-state index contributed by atoms with van der Waals surface area (Å²) in [6, 6.07) is 21.1. The van der Waals surface area contributed by atoms with E-state index in [4.69, 9.17) is 9.52 Å². The normalized spacial score (nSPS) is 12.1. The molecule has 0 aliphatic carbocycles. The smallest absolute Gasteiger partial charge is 0.291 e. The van der Waals surface area contributed by atoms with Crippen LogP contribution in [-0.2, 0) is 0 Å². The summed E-state index contributed by atoms with van der Waals surface area (Å²) in [6.45, 7) is 0. The van der Waals surface area contributed by atoms with Crippen LogP contribution in [0.2, 0.25) is 0 Å². The van der Waals surface area contributed by atoms with Crippen molar-refractivity contribution >= 4 is 38.3 Å². The number of aromatic nitrogens is 5. The van der Waals surface area contributed by atoms with Gasteiger partial charge in [0.25, 0.3) is 5.56 Å². The molecule has 0 spiro atoms. The Morgan fingerprint density at radius 3 is 2.55 bits per heavy atom. The highest BCUT2D eigenvalue weighted by molar-refractivity contribution is 9.10. The highest BCUT2D eigenvalue weighted by atomic mass is 79.9. The Kier molecular flexibility index (Phi) is 4.78. The van der Waals surface area contributed by atoms with E-state index in [1.165, 1.54) is 15.9 Å². The van der Waals surface area contributed by atoms with Crippen LogP contribution in [0.3, 0.4) is 0 Å². The molecule has 0 amide bonds. The summed E-state index contributed by atoms with van der Waals surface area (Å²) in [5, 5.41) is 9.15. The zero-order chi connectivity index (χ0) is 22.4.